The second-order valence-corrected chi connectivity index (χ2v) is 3.15. The average Bonchev–Trinajstić information content (AvgIpc) is 2.55. The number of aromatic nitrogens is 1. The molecule has 0 spiro atoms. The summed E-state index contributed by atoms with van der Waals surface area (Å²) in [6.45, 7) is 3.58. The van der Waals surface area contributed by atoms with E-state index in [1.807, 2.05) is 6.92 Å². The minimum Gasteiger partial charge on any atom is -0.388 e. The summed E-state index contributed by atoms with van der Waals surface area (Å²) >= 11 is 0. The second-order valence-electron chi connectivity index (χ2n) is 3.15. The average molecular weight is 170 g/mol. The van der Waals surface area contributed by atoms with Crippen LogP contribution in [0.1, 0.15) is 31.9 Å². The first-order chi connectivity index (χ1) is 5.58. The van der Waals surface area contributed by atoms with Crippen molar-refractivity contribution < 1.29 is 9.63 Å². The van der Waals surface area contributed by atoms with E-state index in [9.17, 15) is 5.11 Å². The molecule has 2 unspecified atom stereocenters. The zero-order valence-corrected chi connectivity index (χ0v) is 7.32. The Bertz CT molecular complexity index is 231. The molecule has 1 aromatic heterocycles. The molecule has 0 aliphatic carbocycles. The van der Waals surface area contributed by atoms with Gasteiger partial charge < -0.3 is 15.4 Å². The summed E-state index contributed by atoms with van der Waals surface area (Å²) < 4.78 is 4.63. The van der Waals surface area contributed by atoms with Crippen LogP contribution in [0.25, 0.3) is 0 Å². The van der Waals surface area contributed by atoms with Crippen molar-refractivity contribution in [3.8, 4) is 0 Å². The van der Waals surface area contributed by atoms with Gasteiger partial charge in [-0.3, -0.25) is 0 Å². The molecule has 0 saturated carbocycles. The van der Waals surface area contributed by atoms with E-state index in [1.165, 1.54) is 12.5 Å². The monoisotopic (exact) mass is 170 g/mol. The number of nitrogens with zero attached hydrogens (tertiary/aromatic N) is 1. The summed E-state index contributed by atoms with van der Waals surface area (Å²) in [5, 5.41) is 13.3. The summed E-state index contributed by atoms with van der Waals surface area (Å²) in [6.07, 6.45) is 3.57. The number of hydrogen-bond donors (Lipinski definition) is 2. The minimum absolute atomic E-state index is 0.436. The fourth-order valence-corrected chi connectivity index (χ4v) is 0.946. The van der Waals surface area contributed by atoms with Crippen molar-refractivity contribution in [3.05, 3.63) is 18.0 Å². The highest BCUT2D eigenvalue weighted by Crippen LogP contribution is 2.25. The van der Waals surface area contributed by atoms with Crippen LogP contribution in [0.5, 0.6) is 0 Å². The Morgan fingerprint density at radius 2 is 2.50 bits per heavy atom. The zero-order chi connectivity index (χ0) is 9.19. The molecule has 12 heavy (non-hydrogen) atoms. The molecular weight excluding hydrogens is 156 g/mol. The van der Waals surface area contributed by atoms with Crippen molar-refractivity contribution >= 4 is 0 Å². The maximum absolute atomic E-state index is 9.77. The molecule has 3 N–H and O–H groups in total. The minimum atomic E-state index is -0.897. The summed E-state index contributed by atoms with van der Waals surface area (Å²) in [7, 11) is 0. The summed E-state index contributed by atoms with van der Waals surface area (Å²) in [5.41, 5.74) is 5.60. The molecule has 0 fully saturated rings. The van der Waals surface area contributed by atoms with E-state index in [0.29, 0.717) is 6.42 Å². The van der Waals surface area contributed by atoms with E-state index in [1.54, 1.807) is 6.92 Å². The predicted octanol–water partition coefficient (Wildman–Crippen LogP) is 0.835. The lowest BCUT2D eigenvalue weighted by molar-refractivity contribution is 0.0282. The van der Waals surface area contributed by atoms with Crippen molar-refractivity contribution in [2.24, 2.45) is 5.73 Å². The number of hydrogen-bond acceptors (Lipinski definition) is 4. The number of nitrogens with two attached hydrogens (primary N) is 1. The molecule has 0 saturated heterocycles. The molecule has 2 atom stereocenters. The Morgan fingerprint density at radius 3 is 2.92 bits per heavy atom. The molecular formula is C8H14N2O2. The Hall–Kier alpha value is -0.870. The van der Waals surface area contributed by atoms with Gasteiger partial charge in [0.1, 0.15) is 6.26 Å². The molecule has 0 aromatic carbocycles. The van der Waals surface area contributed by atoms with E-state index >= 15 is 0 Å². The maximum Gasteiger partial charge on any atom is 0.128 e. The summed E-state index contributed by atoms with van der Waals surface area (Å²) in [6, 6.07) is -0.436. The molecule has 4 heteroatoms. The van der Waals surface area contributed by atoms with Crippen LogP contribution in [0.4, 0.5) is 0 Å². The number of aliphatic hydroxyl groups is 1. The van der Waals surface area contributed by atoms with E-state index < -0.39 is 11.6 Å². The van der Waals surface area contributed by atoms with Gasteiger partial charge in [-0.15, -0.1) is 0 Å². The van der Waals surface area contributed by atoms with Gasteiger partial charge in [-0.05, 0) is 13.3 Å². The van der Waals surface area contributed by atoms with Gasteiger partial charge in [0.15, 0.2) is 0 Å². The van der Waals surface area contributed by atoms with Crippen molar-refractivity contribution in [2.75, 3.05) is 0 Å². The molecule has 0 amide bonds. The Kier molecular flexibility index (Phi) is 2.49. The van der Waals surface area contributed by atoms with E-state index in [-0.39, 0.29) is 0 Å². The van der Waals surface area contributed by atoms with Gasteiger partial charge in [-0.1, -0.05) is 12.1 Å². The molecule has 0 aliphatic heterocycles. The molecule has 4 nitrogen and oxygen atoms in total. The van der Waals surface area contributed by atoms with Gasteiger partial charge >= 0.3 is 0 Å². The lowest BCUT2D eigenvalue weighted by atomic mass is 9.90. The van der Waals surface area contributed by atoms with Crippen LogP contribution >= 0.6 is 0 Å². The van der Waals surface area contributed by atoms with Crippen LogP contribution in [0.3, 0.4) is 0 Å². The first-order valence-electron chi connectivity index (χ1n) is 3.95. The fourth-order valence-electron chi connectivity index (χ4n) is 0.946. The Morgan fingerprint density at radius 1 is 1.83 bits per heavy atom. The van der Waals surface area contributed by atoms with Crippen LogP contribution in [0, 0.1) is 0 Å². The normalized spacial score (nSPS) is 18.7. The summed E-state index contributed by atoms with van der Waals surface area (Å²) in [5.74, 6) is 0. The fraction of sp³-hybridized carbons (Fsp3) is 0.625. The van der Waals surface area contributed by atoms with Gasteiger partial charge in [0.2, 0.25) is 0 Å². The third-order valence-electron chi connectivity index (χ3n) is 2.20. The molecule has 0 bridgehead atoms. The highest BCUT2D eigenvalue weighted by molar-refractivity contribution is 5.11. The predicted molar refractivity (Wildman–Crippen MR) is 44.3 cm³/mol. The molecule has 68 valence electrons. The van der Waals surface area contributed by atoms with Crippen molar-refractivity contribution in [3.63, 3.8) is 0 Å². The van der Waals surface area contributed by atoms with Crippen LogP contribution in [0.2, 0.25) is 0 Å². The molecule has 1 aromatic rings. The van der Waals surface area contributed by atoms with Gasteiger partial charge in [0, 0.05) is 5.56 Å². The topological polar surface area (TPSA) is 72.3 Å². The van der Waals surface area contributed by atoms with Crippen LogP contribution < -0.4 is 5.73 Å². The Labute approximate surface area is 71.4 Å². The van der Waals surface area contributed by atoms with Gasteiger partial charge in [0.05, 0.1) is 17.8 Å². The van der Waals surface area contributed by atoms with Gasteiger partial charge in [-0.25, -0.2) is 0 Å². The van der Waals surface area contributed by atoms with Crippen LogP contribution in [-0.2, 0) is 0 Å². The Balaban J connectivity index is 2.78. The lowest BCUT2D eigenvalue weighted by Gasteiger charge is -2.27. The highest BCUT2D eigenvalue weighted by Gasteiger charge is 2.28. The quantitative estimate of drug-likeness (QED) is 0.705. The van der Waals surface area contributed by atoms with E-state index in [0.717, 1.165) is 5.56 Å². The number of rotatable bonds is 3. The van der Waals surface area contributed by atoms with Crippen molar-refractivity contribution in [1.29, 1.82) is 0 Å². The van der Waals surface area contributed by atoms with Crippen molar-refractivity contribution in [1.82, 2.24) is 5.16 Å². The SMILES string of the molecule is CCC(C)(O)C(N)c1cnoc1. The molecule has 0 radical (unpaired) electrons. The largest absolute Gasteiger partial charge is 0.388 e. The van der Waals surface area contributed by atoms with Gasteiger partial charge in [-0.2, -0.15) is 0 Å². The molecule has 1 heterocycles. The van der Waals surface area contributed by atoms with E-state index in [4.69, 9.17) is 5.73 Å². The maximum atomic E-state index is 9.77. The second kappa shape index (κ2) is 3.25. The van der Waals surface area contributed by atoms with Gasteiger partial charge in [0.25, 0.3) is 0 Å². The molecule has 0 aliphatic rings. The summed E-state index contributed by atoms with van der Waals surface area (Å²) in [4.78, 5) is 0. The molecule has 1 rings (SSSR count). The standard InChI is InChI=1S/C8H14N2O2/c1-3-8(2,11)7(9)6-4-10-12-5-6/h4-5,7,11H,3,9H2,1-2H3. The third-order valence-corrected chi connectivity index (χ3v) is 2.20. The van der Waals surface area contributed by atoms with Crippen LogP contribution in [0.15, 0.2) is 17.0 Å². The third kappa shape index (κ3) is 1.65. The zero-order valence-electron chi connectivity index (χ0n) is 7.32. The highest BCUT2D eigenvalue weighted by atomic mass is 16.5. The first-order valence-corrected chi connectivity index (χ1v) is 3.95. The first kappa shape index (κ1) is 9.22. The van der Waals surface area contributed by atoms with Crippen LogP contribution in [-0.4, -0.2) is 15.9 Å². The van der Waals surface area contributed by atoms with Crippen molar-refractivity contribution in [2.45, 2.75) is 31.9 Å². The lowest BCUT2D eigenvalue weighted by Crippen LogP contribution is -2.37. The smallest absolute Gasteiger partial charge is 0.128 e. The van der Waals surface area contributed by atoms with E-state index in [2.05, 4.69) is 9.68 Å².